The number of allylic oxidation sites excluding steroid dienone is 5. The fraction of sp³-hybridized carbons (Fsp3) is 0.133. The van der Waals surface area contributed by atoms with Crippen molar-refractivity contribution >= 4 is 5.97 Å². The summed E-state index contributed by atoms with van der Waals surface area (Å²) in [4.78, 5) is 11.5. The normalized spacial score (nSPS) is 10.5. The fourth-order valence-electron chi connectivity index (χ4n) is 0.765. The van der Waals surface area contributed by atoms with Crippen molar-refractivity contribution in [1.29, 1.82) is 0 Å². The standard InChI is InChI=1S/C15H18O2/c1-11(2)7-9-13(5)15(16)17-14(6)10-8-12(3)4/h7-10H,1,3,5-6H2,2,4H3/b9-7-,10-8-. The summed E-state index contributed by atoms with van der Waals surface area (Å²) in [6.45, 7) is 18.2. The third-order valence-electron chi connectivity index (χ3n) is 1.61. The fourth-order valence-corrected chi connectivity index (χ4v) is 0.765. The van der Waals surface area contributed by atoms with Crippen LogP contribution in [-0.4, -0.2) is 5.97 Å². The second kappa shape index (κ2) is 7.23. The summed E-state index contributed by atoms with van der Waals surface area (Å²) in [5, 5.41) is 0. The Kier molecular flexibility index (Phi) is 6.34. The van der Waals surface area contributed by atoms with Gasteiger partial charge in [-0.3, -0.25) is 0 Å². The molecule has 0 atom stereocenters. The van der Waals surface area contributed by atoms with Crippen molar-refractivity contribution in [2.75, 3.05) is 0 Å². The van der Waals surface area contributed by atoms with E-state index in [1.807, 2.05) is 13.8 Å². The van der Waals surface area contributed by atoms with E-state index in [1.165, 1.54) is 0 Å². The monoisotopic (exact) mass is 230 g/mol. The van der Waals surface area contributed by atoms with Crippen LogP contribution in [0.2, 0.25) is 0 Å². The maximum Gasteiger partial charge on any atom is 0.342 e. The molecule has 0 amide bonds. The number of esters is 1. The van der Waals surface area contributed by atoms with Crippen LogP contribution >= 0.6 is 0 Å². The minimum atomic E-state index is -0.529. The van der Waals surface area contributed by atoms with E-state index in [4.69, 9.17) is 4.74 Å². The largest absolute Gasteiger partial charge is 0.424 e. The Bertz CT molecular complexity index is 420. The molecule has 0 aliphatic heterocycles. The molecule has 0 aromatic heterocycles. The van der Waals surface area contributed by atoms with Gasteiger partial charge in [-0.2, -0.15) is 0 Å². The highest BCUT2D eigenvalue weighted by atomic mass is 16.5. The van der Waals surface area contributed by atoms with Crippen LogP contribution in [0.5, 0.6) is 0 Å². The molecule has 90 valence electrons. The number of carbonyl (C=O) groups excluding carboxylic acids is 1. The van der Waals surface area contributed by atoms with Gasteiger partial charge in [0.2, 0.25) is 0 Å². The molecular weight excluding hydrogens is 212 g/mol. The zero-order valence-electron chi connectivity index (χ0n) is 10.5. The van der Waals surface area contributed by atoms with Crippen LogP contribution in [0.4, 0.5) is 0 Å². The summed E-state index contributed by atoms with van der Waals surface area (Å²) >= 11 is 0. The molecule has 0 aliphatic rings. The van der Waals surface area contributed by atoms with E-state index in [-0.39, 0.29) is 11.3 Å². The molecule has 0 radical (unpaired) electrons. The van der Waals surface area contributed by atoms with Gasteiger partial charge in [0.1, 0.15) is 5.76 Å². The van der Waals surface area contributed by atoms with Gasteiger partial charge in [-0.15, -0.1) is 0 Å². The van der Waals surface area contributed by atoms with E-state index in [1.54, 1.807) is 24.3 Å². The average Bonchev–Trinajstić information content (AvgIpc) is 2.22. The highest BCUT2D eigenvalue weighted by Crippen LogP contribution is 2.06. The third kappa shape index (κ3) is 7.79. The lowest BCUT2D eigenvalue weighted by atomic mass is 10.2. The van der Waals surface area contributed by atoms with Crippen molar-refractivity contribution in [3.63, 3.8) is 0 Å². The molecule has 0 unspecified atom stereocenters. The average molecular weight is 230 g/mol. The van der Waals surface area contributed by atoms with Crippen LogP contribution in [0.25, 0.3) is 0 Å². The molecule has 0 rings (SSSR count). The SMILES string of the molecule is C=C(C)/C=C\C(=C)OC(=O)C(=C)/C=C\C(=C)C. The van der Waals surface area contributed by atoms with Gasteiger partial charge in [-0.05, 0) is 26.0 Å². The lowest BCUT2D eigenvalue weighted by molar-refractivity contribution is -0.134. The summed E-state index contributed by atoms with van der Waals surface area (Å²) in [6, 6.07) is 0. The second-order valence-electron chi connectivity index (χ2n) is 3.74. The lowest BCUT2D eigenvalue weighted by Gasteiger charge is -2.03. The maximum absolute atomic E-state index is 11.5. The second-order valence-corrected chi connectivity index (χ2v) is 3.74. The predicted octanol–water partition coefficient (Wildman–Crippen LogP) is 3.86. The molecule has 0 aliphatic carbocycles. The molecule has 0 saturated carbocycles. The molecule has 0 heterocycles. The number of ether oxygens (including phenoxy) is 1. The first-order valence-electron chi connectivity index (χ1n) is 5.10. The Hall–Kier alpha value is -2.09. The summed E-state index contributed by atoms with van der Waals surface area (Å²) in [7, 11) is 0. The minimum Gasteiger partial charge on any atom is -0.424 e. The topological polar surface area (TPSA) is 26.3 Å². The highest BCUT2D eigenvalue weighted by molar-refractivity contribution is 5.91. The van der Waals surface area contributed by atoms with Crippen LogP contribution in [0.1, 0.15) is 13.8 Å². The smallest absolute Gasteiger partial charge is 0.342 e. The van der Waals surface area contributed by atoms with Gasteiger partial charge in [0.05, 0.1) is 5.57 Å². The molecule has 17 heavy (non-hydrogen) atoms. The van der Waals surface area contributed by atoms with E-state index in [2.05, 4.69) is 26.3 Å². The Morgan fingerprint density at radius 3 is 1.82 bits per heavy atom. The summed E-state index contributed by atoms with van der Waals surface area (Å²) in [5.74, 6) is -0.276. The van der Waals surface area contributed by atoms with Gasteiger partial charge in [-0.25, -0.2) is 4.79 Å². The molecule has 0 saturated heterocycles. The van der Waals surface area contributed by atoms with Crippen molar-refractivity contribution in [1.82, 2.24) is 0 Å². The van der Waals surface area contributed by atoms with E-state index in [9.17, 15) is 4.79 Å². The van der Waals surface area contributed by atoms with Gasteiger partial charge in [0.25, 0.3) is 0 Å². The number of hydrogen-bond donors (Lipinski definition) is 0. The molecule has 2 nitrogen and oxygen atoms in total. The highest BCUT2D eigenvalue weighted by Gasteiger charge is 2.05. The molecular formula is C15H18O2. The van der Waals surface area contributed by atoms with Crippen LogP contribution in [0, 0.1) is 0 Å². The Labute approximate surface area is 103 Å². The molecule has 0 N–H and O–H groups in total. The first kappa shape index (κ1) is 14.9. The molecule has 0 fully saturated rings. The van der Waals surface area contributed by atoms with Gasteiger partial charge >= 0.3 is 5.97 Å². The van der Waals surface area contributed by atoms with Crippen molar-refractivity contribution < 1.29 is 9.53 Å². The summed E-state index contributed by atoms with van der Waals surface area (Å²) in [5.41, 5.74) is 1.93. The van der Waals surface area contributed by atoms with Gasteiger partial charge in [0.15, 0.2) is 0 Å². The predicted molar refractivity (Wildman–Crippen MR) is 72.3 cm³/mol. The van der Waals surface area contributed by atoms with Crippen LogP contribution in [0.15, 0.2) is 73.1 Å². The van der Waals surface area contributed by atoms with Crippen molar-refractivity contribution in [3.8, 4) is 0 Å². The molecule has 0 aromatic rings. The summed E-state index contributed by atoms with van der Waals surface area (Å²) < 4.78 is 4.95. The molecule has 0 bridgehead atoms. The van der Waals surface area contributed by atoms with Gasteiger partial charge < -0.3 is 4.74 Å². The molecule has 2 heteroatoms. The zero-order valence-corrected chi connectivity index (χ0v) is 10.5. The van der Waals surface area contributed by atoms with Crippen molar-refractivity contribution in [3.05, 3.63) is 73.1 Å². The first-order chi connectivity index (χ1) is 7.82. The van der Waals surface area contributed by atoms with Gasteiger partial charge in [-0.1, -0.05) is 49.6 Å². The number of rotatable bonds is 6. The van der Waals surface area contributed by atoms with E-state index in [0.717, 1.165) is 11.1 Å². The quantitative estimate of drug-likeness (QED) is 0.300. The molecule has 0 spiro atoms. The third-order valence-corrected chi connectivity index (χ3v) is 1.61. The van der Waals surface area contributed by atoms with Crippen molar-refractivity contribution in [2.45, 2.75) is 13.8 Å². The Morgan fingerprint density at radius 1 is 0.882 bits per heavy atom. The lowest BCUT2D eigenvalue weighted by Crippen LogP contribution is -2.03. The number of carbonyl (C=O) groups is 1. The van der Waals surface area contributed by atoms with Crippen LogP contribution in [-0.2, 0) is 9.53 Å². The van der Waals surface area contributed by atoms with Crippen LogP contribution in [0.3, 0.4) is 0 Å². The van der Waals surface area contributed by atoms with E-state index in [0.29, 0.717) is 0 Å². The van der Waals surface area contributed by atoms with Crippen LogP contribution < -0.4 is 0 Å². The molecule has 0 aromatic carbocycles. The minimum absolute atomic E-state index is 0.248. The Balaban J connectivity index is 4.36. The van der Waals surface area contributed by atoms with E-state index >= 15 is 0 Å². The maximum atomic E-state index is 11.5. The zero-order chi connectivity index (χ0) is 13.4. The Morgan fingerprint density at radius 2 is 1.35 bits per heavy atom. The van der Waals surface area contributed by atoms with Gasteiger partial charge in [0, 0.05) is 0 Å². The number of hydrogen-bond acceptors (Lipinski definition) is 2. The van der Waals surface area contributed by atoms with E-state index < -0.39 is 5.97 Å². The van der Waals surface area contributed by atoms with Crippen molar-refractivity contribution in [2.24, 2.45) is 0 Å². The first-order valence-corrected chi connectivity index (χ1v) is 5.10. The summed E-state index contributed by atoms with van der Waals surface area (Å²) in [6.07, 6.45) is 6.54.